The van der Waals surface area contributed by atoms with Gasteiger partial charge in [-0.2, -0.15) is 13.2 Å². The van der Waals surface area contributed by atoms with Gasteiger partial charge in [-0.05, 0) is 12.5 Å². The summed E-state index contributed by atoms with van der Waals surface area (Å²) < 4.78 is 42.6. The fourth-order valence-electron chi connectivity index (χ4n) is 1.43. The van der Waals surface area contributed by atoms with Gasteiger partial charge in [0.05, 0.1) is 5.56 Å². The lowest BCUT2D eigenvalue weighted by Gasteiger charge is -2.13. The molecule has 11 heteroatoms. The molecule has 0 aromatic carbocycles. The number of amides is 2. The summed E-state index contributed by atoms with van der Waals surface area (Å²) in [6.07, 6.45) is -3.81. The van der Waals surface area contributed by atoms with Gasteiger partial charge in [0.1, 0.15) is 10.1 Å². The van der Waals surface area contributed by atoms with Crippen LogP contribution in [-0.2, 0) is 6.18 Å². The number of aromatic nitrogens is 1. The zero-order valence-corrected chi connectivity index (χ0v) is 14.0. The predicted molar refractivity (Wildman–Crippen MR) is 83.4 cm³/mol. The summed E-state index contributed by atoms with van der Waals surface area (Å²) >= 11 is 11.6. The molecule has 0 unspecified atom stereocenters. The van der Waals surface area contributed by atoms with Gasteiger partial charge >= 0.3 is 12.2 Å². The largest absolute Gasteiger partial charge is 0.418 e. The van der Waals surface area contributed by atoms with Gasteiger partial charge < -0.3 is 15.4 Å². The van der Waals surface area contributed by atoms with Gasteiger partial charge in [0.2, 0.25) is 11.8 Å². The number of alkyl halides is 3. The van der Waals surface area contributed by atoms with Gasteiger partial charge in [-0.1, -0.05) is 30.1 Å². The Bertz CT molecular complexity index is 678. The number of nitrogens with one attached hydrogen (secondary N) is 3. The van der Waals surface area contributed by atoms with E-state index in [2.05, 4.69) is 15.6 Å². The maximum absolute atomic E-state index is 12.5. The van der Waals surface area contributed by atoms with E-state index in [1.807, 2.05) is 0 Å². The molecular weight excluding hydrogens is 372 g/mol. The number of nitrogens with zero attached hydrogens (tertiary/aromatic N) is 1. The summed E-state index contributed by atoms with van der Waals surface area (Å²) in [7, 11) is 1.39. The molecule has 0 aliphatic carbocycles. The number of hydrogen-bond acceptors (Lipinski definition) is 4. The Morgan fingerprint density at radius 1 is 1.46 bits per heavy atom. The molecule has 0 saturated carbocycles. The van der Waals surface area contributed by atoms with Crippen molar-refractivity contribution in [2.24, 2.45) is 0 Å². The van der Waals surface area contributed by atoms with Gasteiger partial charge in [-0.3, -0.25) is 5.41 Å². The highest BCUT2D eigenvalue weighted by molar-refractivity contribution is 6.42. The van der Waals surface area contributed by atoms with Crippen molar-refractivity contribution in [2.45, 2.75) is 19.5 Å². The quantitative estimate of drug-likeness (QED) is 0.543. The minimum absolute atomic E-state index is 0.184. The average molecular weight is 385 g/mol. The number of halogens is 5. The lowest BCUT2D eigenvalue weighted by atomic mass is 10.3. The van der Waals surface area contributed by atoms with Crippen LogP contribution in [0.3, 0.4) is 0 Å². The van der Waals surface area contributed by atoms with Crippen LogP contribution in [0.25, 0.3) is 0 Å². The van der Waals surface area contributed by atoms with E-state index in [9.17, 15) is 18.0 Å². The molecule has 0 atom stereocenters. The molecule has 1 aromatic heterocycles. The third-order valence-corrected chi connectivity index (χ3v) is 3.31. The second-order valence-corrected chi connectivity index (χ2v) is 5.08. The molecule has 0 saturated heterocycles. The zero-order valence-electron chi connectivity index (χ0n) is 12.5. The maximum Gasteiger partial charge on any atom is 0.417 e. The highest BCUT2D eigenvalue weighted by Gasteiger charge is 2.32. The number of rotatable bonds is 4. The molecule has 24 heavy (non-hydrogen) atoms. The molecule has 0 aliphatic heterocycles. The summed E-state index contributed by atoms with van der Waals surface area (Å²) in [6.45, 7) is 1.67. The first kappa shape index (κ1) is 20.0. The van der Waals surface area contributed by atoms with Gasteiger partial charge in [0.25, 0.3) is 0 Å². The summed E-state index contributed by atoms with van der Waals surface area (Å²) in [6, 6.07) is 0.0710. The highest BCUT2D eigenvalue weighted by atomic mass is 35.5. The van der Waals surface area contributed by atoms with Crippen molar-refractivity contribution in [2.75, 3.05) is 7.05 Å². The van der Waals surface area contributed by atoms with E-state index in [0.717, 1.165) is 0 Å². The molecule has 6 nitrogen and oxygen atoms in total. The fourth-order valence-corrected chi connectivity index (χ4v) is 1.86. The molecule has 2 amide bonds. The molecule has 0 radical (unpaired) electrons. The van der Waals surface area contributed by atoms with Crippen LogP contribution in [0.4, 0.5) is 18.0 Å². The Morgan fingerprint density at radius 2 is 2.08 bits per heavy atom. The SMILES string of the molecule is CC/C(NC(=O)NC)=C(\Cl)C(=N)Oc1ncc(C(F)(F)F)cc1Cl. The Labute approximate surface area is 145 Å². The maximum atomic E-state index is 12.5. The number of urea groups is 1. The van der Waals surface area contributed by atoms with Crippen LogP contribution < -0.4 is 15.4 Å². The first-order chi connectivity index (χ1) is 11.1. The predicted octanol–water partition coefficient (Wildman–Crippen LogP) is 3.90. The van der Waals surface area contributed by atoms with Crippen LogP contribution in [0.2, 0.25) is 5.02 Å². The third-order valence-electron chi connectivity index (χ3n) is 2.64. The van der Waals surface area contributed by atoms with E-state index < -0.39 is 34.6 Å². The molecule has 0 fully saturated rings. The van der Waals surface area contributed by atoms with Crippen molar-refractivity contribution in [3.8, 4) is 5.88 Å². The second kappa shape index (κ2) is 8.20. The number of pyridine rings is 1. The van der Waals surface area contributed by atoms with Crippen LogP contribution in [0.15, 0.2) is 23.0 Å². The Hall–Kier alpha value is -2.00. The number of hydrogen-bond donors (Lipinski definition) is 3. The molecule has 132 valence electrons. The van der Waals surface area contributed by atoms with Crippen LogP contribution in [-0.4, -0.2) is 24.0 Å². The van der Waals surface area contributed by atoms with Crippen molar-refractivity contribution in [3.05, 3.63) is 33.6 Å². The monoisotopic (exact) mass is 384 g/mol. The van der Waals surface area contributed by atoms with E-state index in [-0.39, 0.29) is 17.2 Å². The first-order valence-electron chi connectivity index (χ1n) is 6.47. The minimum atomic E-state index is -4.60. The Kier molecular flexibility index (Phi) is 6.85. The van der Waals surface area contributed by atoms with Gasteiger partial charge in [0.15, 0.2) is 0 Å². The summed E-state index contributed by atoms with van der Waals surface area (Å²) in [4.78, 5) is 14.7. The first-order valence-corrected chi connectivity index (χ1v) is 7.22. The van der Waals surface area contributed by atoms with E-state index >= 15 is 0 Å². The van der Waals surface area contributed by atoms with E-state index in [1.165, 1.54) is 7.05 Å². The molecule has 0 bridgehead atoms. The molecule has 0 spiro atoms. The topological polar surface area (TPSA) is 87.1 Å². The Balaban J connectivity index is 3.00. The number of ether oxygens (including phenoxy) is 1. The van der Waals surface area contributed by atoms with Crippen LogP contribution in [0.5, 0.6) is 5.88 Å². The standard InChI is InChI=1S/C13H13Cl2F3N4O2/c1-3-8(22-12(23)20-2)9(15)10(19)24-11-7(14)4-6(5-21-11)13(16,17)18/h4-5,19H,3H2,1-2H3,(H2,20,22,23)/b9-8+,19-10?. The molecule has 0 aliphatic rings. The minimum Gasteiger partial charge on any atom is -0.418 e. The molecule has 1 rings (SSSR count). The fraction of sp³-hybridized carbons (Fsp3) is 0.308. The summed E-state index contributed by atoms with van der Waals surface area (Å²) in [5.74, 6) is -1.04. The molecule has 1 heterocycles. The van der Waals surface area contributed by atoms with Crippen molar-refractivity contribution in [1.82, 2.24) is 15.6 Å². The number of allylic oxidation sites excluding steroid dienone is 1. The van der Waals surface area contributed by atoms with Crippen molar-refractivity contribution in [3.63, 3.8) is 0 Å². The van der Waals surface area contributed by atoms with Crippen molar-refractivity contribution < 1.29 is 22.7 Å². The van der Waals surface area contributed by atoms with Gasteiger partial charge in [-0.25, -0.2) is 9.78 Å². The normalized spacial score (nSPS) is 12.3. The summed E-state index contributed by atoms with van der Waals surface area (Å²) in [5, 5.41) is 11.8. The number of carbonyl (C=O) groups excluding carboxylic acids is 1. The van der Waals surface area contributed by atoms with E-state index in [0.29, 0.717) is 12.3 Å². The van der Waals surface area contributed by atoms with E-state index in [4.69, 9.17) is 33.3 Å². The van der Waals surface area contributed by atoms with Crippen LogP contribution in [0, 0.1) is 5.41 Å². The summed E-state index contributed by atoms with van der Waals surface area (Å²) in [5.41, 5.74) is -0.868. The zero-order chi connectivity index (χ0) is 18.5. The third kappa shape index (κ3) is 5.27. The van der Waals surface area contributed by atoms with Gasteiger partial charge in [-0.15, -0.1) is 0 Å². The van der Waals surface area contributed by atoms with Crippen LogP contribution >= 0.6 is 23.2 Å². The molecule has 1 aromatic rings. The average Bonchev–Trinajstić information content (AvgIpc) is 2.52. The second-order valence-electron chi connectivity index (χ2n) is 4.29. The van der Waals surface area contributed by atoms with Crippen molar-refractivity contribution in [1.29, 1.82) is 5.41 Å². The van der Waals surface area contributed by atoms with Gasteiger partial charge in [0, 0.05) is 18.9 Å². The number of carbonyl (C=O) groups is 1. The lowest BCUT2D eigenvalue weighted by molar-refractivity contribution is -0.137. The van der Waals surface area contributed by atoms with Crippen LogP contribution in [0.1, 0.15) is 18.9 Å². The molecular formula is C13H13Cl2F3N4O2. The van der Waals surface area contributed by atoms with Crippen molar-refractivity contribution >= 4 is 35.1 Å². The highest BCUT2D eigenvalue weighted by Crippen LogP contribution is 2.33. The van der Waals surface area contributed by atoms with E-state index in [1.54, 1.807) is 6.92 Å². The lowest BCUT2D eigenvalue weighted by Crippen LogP contribution is -2.33. The molecule has 3 N–H and O–H groups in total. The Morgan fingerprint density at radius 3 is 2.54 bits per heavy atom. The smallest absolute Gasteiger partial charge is 0.417 e.